The summed E-state index contributed by atoms with van der Waals surface area (Å²) in [5.41, 5.74) is 1.29. The second kappa shape index (κ2) is 9.07. The highest BCUT2D eigenvalue weighted by Crippen LogP contribution is 2.19. The first-order valence-corrected chi connectivity index (χ1v) is 8.38. The number of hydrogen-bond acceptors (Lipinski definition) is 4. The van der Waals surface area contributed by atoms with Crippen molar-refractivity contribution >= 4 is 47.0 Å². The van der Waals surface area contributed by atoms with Gasteiger partial charge in [0.25, 0.3) is 0 Å². The Morgan fingerprint density at radius 2 is 2.22 bits per heavy atom. The molecule has 5 nitrogen and oxygen atoms in total. The normalized spacial score (nSPS) is 17.7. The molecule has 2 aromatic rings. The lowest BCUT2D eigenvalue weighted by Gasteiger charge is -2.20. The van der Waals surface area contributed by atoms with Gasteiger partial charge in [0.15, 0.2) is 5.96 Å². The summed E-state index contributed by atoms with van der Waals surface area (Å²) < 4.78 is 0. The van der Waals surface area contributed by atoms with Gasteiger partial charge in [-0.2, -0.15) is 0 Å². The van der Waals surface area contributed by atoms with Crippen molar-refractivity contribution in [2.75, 3.05) is 25.0 Å². The largest absolute Gasteiger partial charge is 0.369 e. The maximum absolute atomic E-state index is 4.30. The van der Waals surface area contributed by atoms with Crippen molar-refractivity contribution in [2.45, 2.75) is 19.0 Å². The van der Waals surface area contributed by atoms with Gasteiger partial charge in [0, 0.05) is 43.4 Å². The molecule has 0 amide bonds. The number of aromatic nitrogens is 1. The summed E-state index contributed by atoms with van der Waals surface area (Å²) in [4.78, 5) is 11.0. The maximum atomic E-state index is 4.30. The second-order valence-corrected chi connectivity index (χ2v) is 6.24. The summed E-state index contributed by atoms with van der Waals surface area (Å²) in [5, 5.41) is 9.88. The minimum absolute atomic E-state index is 0. The van der Waals surface area contributed by atoms with Gasteiger partial charge < -0.3 is 15.5 Å². The molecule has 1 aromatic carbocycles. The quantitative estimate of drug-likeness (QED) is 0.434. The fourth-order valence-electron chi connectivity index (χ4n) is 2.64. The van der Waals surface area contributed by atoms with E-state index in [-0.39, 0.29) is 24.0 Å². The number of anilines is 1. The standard InChI is InChI=1S/C16H21N5S.HI/c1-17-16(19-11-15-18-8-10-22-15)20-13-7-9-21(12-13)14-5-3-2-4-6-14;/h2-6,8,10,13H,7,9,11-12H2,1H3,(H2,17,19,20);1H. The Morgan fingerprint density at radius 1 is 1.39 bits per heavy atom. The zero-order valence-electron chi connectivity index (χ0n) is 13.1. The molecule has 0 bridgehead atoms. The molecule has 1 aliphatic rings. The van der Waals surface area contributed by atoms with E-state index in [1.54, 1.807) is 18.4 Å². The Morgan fingerprint density at radius 3 is 2.91 bits per heavy atom. The lowest BCUT2D eigenvalue weighted by Crippen LogP contribution is -2.44. The molecule has 2 N–H and O–H groups in total. The highest BCUT2D eigenvalue weighted by molar-refractivity contribution is 14.0. The minimum atomic E-state index is 0. The third-order valence-electron chi connectivity index (χ3n) is 3.76. The van der Waals surface area contributed by atoms with Crippen molar-refractivity contribution in [1.82, 2.24) is 15.6 Å². The van der Waals surface area contributed by atoms with E-state index in [1.165, 1.54) is 5.69 Å². The molecule has 0 radical (unpaired) electrons. The van der Waals surface area contributed by atoms with E-state index in [1.807, 2.05) is 11.6 Å². The topological polar surface area (TPSA) is 52.6 Å². The van der Waals surface area contributed by atoms with Crippen molar-refractivity contribution in [1.29, 1.82) is 0 Å². The summed E-state index contributed by atoms with van der Waals surface area (Å²) in [5.74, 6) is 0.843. The van der Waals surface area contributed by atoms with Gasteiger partial charge in [-0.05, 0) is 18.6 Å². The van der Waals surface area contributed by atoms with Gasteiger partial charge in [-0.3, -0.25) is 4.99 Å². The third-order valence-corrected chi connectivity index (χ3v) is 4.54. The van der Waals surface area contributed by atoms with Crippen molar-refractivity contribution in [3.63, 3.8) is 0 Å². The summed E-state index contributed by atoms with van der Waals surface area (Å²) in [7, 11) is 1.81. The molecular weight excluding hydrogens is 421 g/mol. The number of nitrogens with zero attached hydrogens (tertiary/aromatic N) is 3. The first-order valence-electron chi connectivity index (χ1n) is 7.50. The number of hydrogen-bond donors (Lipinski definition) is 2. The van der Waals surface area contributed by atoms with E-state index in [0.717, 1.165) is 30.5 Å². The minimum Gasteiger partial charge on any atom is -0.369 e. The zero-order valence-corrected chi connectivity index (χ0v) is 16.3. The van der Waals surface area contributed by atoms with Gasteiger partial charge in [-0.15, -0.1) is 35.3 Å². The molecule has 1 atom stereocenters. The van der Waals surface area contributed by atoms with E-state index in [4.69, 9.17) is 0 Å². The van der Waals surface area contributed by atoms with Crippen LogP contribution in [-0.2, 0) is 6.54 Å². The van der Waals surface area contributed by atoms with Crippen LogP contribution in [0.5, 0.6) is 0 Å². The molecule has 1 aromatic heterocycles. The molecule has 1 aliphatic heterocycles. The maximum Gasteiger partial charge on any atom is 0.191 e. The predicted octanol–water partition coefficient (Wildman–Crippen LogP) is 2.71. The second-order valence-electron chi connectivity index (χ2n) is 5.26. The Hall–Kier alpha value is -1.35. The van der Waals surface area contributed by atoms with Crippen molar-refractivity contribution < 1.29 is 0 Å². The summed E-state index contributed by atoms with van der Waals surface area (Å²) >= 11 is 1.65. The van der Waals surface area contributed by atoms with Crippen molar-refractivity contribution in [3.05, 3.63) is 46.9 Å². The van der Waals surface area contributed by atoms with Crippen LogP contribution in [0.25, 0.3) is 0 Å². The Bertz CT molecular complexity index is 602. The van der Waals surface area contributed by atoms with Gasteiger partial charge in [-0.1, -0.05) is 18.2 Å². The lowest BCUT2D eigenvalue weighted by atomic mass is 10.3. The molecule has 2 heterocycles. The molecule has 0 aliphatic carbocycles. The lowest BCUT2D eigenvalue weighted by molar-refractivity contribution is 0.648. The molecule has 0 spiro atoms. The summed E-state index contributed by atoms with van der Waals surface area (Å²) in [6.07, 6.45) is 2.94. The molecule has 1 unspecified atom stereocenters. The van der Waals surface area contributed by atoms with E-state index >= 15 is 0 Å². The predicted molar refractivity (Wildman–Crippen MR) is 108 cm³/mol. The van der Waals surface area contributed by atoms with Gasteiger partial charge in [0.1, 0.15) is 5.01 Å². The molecule has 124 valence electrons. The van der Waals surface area contributed by atoms with Crippen LogP contribution in [0.2, 0.25) is 0 Å². The van der Waals surface area contributed by atoms with Crippen molar-refractivity contribution in [2.24, 2.45) is 4.99 Å². The van der Waals surface area contributed by atoms with Gasteiger partial charge in [0.05, 0.1) is 6.54 Å². The number of rotatable bonds is 4. The average molecular weight is 443 g/mol. The van der Waals surface area contributed by atoms with Crippen molar-refractivity contribution in [3.8, 4) is 0 Å². The Kier molecular flexibility index (Phi) is 7.10. The highest BCUT2D eigenvalue weighted by atomic mass is 127. The molecule has 7 heteroatoms. The van der Waals surface area contributed by atoms with Crippen LogP contribution >= 0.6 is 35.3 Å². The van der Waals surface area contributed by atoms with E-state index in [0.29, 0.717) is 12.6 Å². The zero-order chi connectivity index (χ0) is 15.2. The molecule has 1 saturated heterocycles. The molecule has 0 saturated carbocycles. The van der Waals surface area contributed by atoms with Gasteiger partial charge in [0.2, 0.25) is 0 Å². The fourth-order valence-corrected chi connectivity index (χ4v) is 3.20. The van der Waals surface area contributed by atoms with Crippen LogP contribution in [0.3, 0.4) is 0 Å². The van der Waals surface area contributed by atoms with E-state index < -0.39 is 0 Å². The molecular formula is C16H22IN5S. The Labute approximate surface area is 158 Å². The fraction of sp³-hybridized carbons (Fsp3) is 0.375. The third kappa shape index (κ3) is 5.07. The number of benzene rings is 1. The first kappa shape index (κ1) is 18.0. The monoisotopic (exact) mass is 443 g/mol. The van der Waals surface area contributed by atoms with Crippen LogP contribution < -0.4 is 15.5 Å². The molecule has 23 heavy (non-hydrogen) atoms. The van der Waals surface area contributed by atoms with E-state index in [2.05, 4.69) is 55.8 Å². The molecule has 3 rings (SSSR count). The number of nitrogens with one attached hydrogen (secondary N) is 2. The van der Waals surface area contributed by atoms with E-state index in [9.17, 15) is 0 Å². The van der Waals surface area contributed by atoms with Gasteiger partial charge >= 0.3 is 0 Å². The van der Waals surface area contributed by atoms with Crippen LogP contribution in [0, 0.1) is 0 Å². The summed E-state index contributed by atoms with van der Waals surface area (Å²) in [6, 6.07) is 11.0. The van der Waals surface area contributed by atoms with Crippen LogP contribution in [0.15, 0.2) is 46.9 Å². The number of para-hydroxylation sites is 1. The Balaban J connectivity index is 0.00000192. The number of aliphatic imine (C=N–C) groups is 1. The van der Waals surface area contributed by atoms with Crippen LogP contribution in [-0.4, -0.2) is 37.1 Å². The summed E-state index contributed by atoms with van der Waals surface area (Å²) in [6.45, 7) is 2.79. The number of halogens is 1. The first-order chi connectivity index (χ1) is 10.8. The smallest absolute Gasteiger partial charge is 0.191 e. The molecule has 1 fully saturated rings. The van der Waals surface area contributed by atoms with Gasteiger partial charge in [-0.25, -0.2) is 4.98 Å². The van der Waals surface area contributed by atoms with Crippen LogP contribution in [0.4, 0.5) is 5.69 Å². The number of thiazole rings is 1. The highest BCUT2D eigenvalue weighted by Gasteiger charge is 2.23. The SMILES string of the molecule is CN=C(NCc1nccs1)NC1CCN(c2ccccc2)C1.I. The number of guanidine groups is 1. The van der Waals surface area contributed by atoms with Crippen LogP contribution in [0.1, 0.15) is 11.4 Å². The average Bonchev–Trinajstić information content (AvgIpc) is 3.24.